The number of amides is 2. The molecule has 0 bridgehead atoms. The number of aromatic nitrogens is 1. The van der Waals surface area contributed by atoms with Crippen molar-refractivity contribution in [2.24, 2.45) is 5.92 Å². The molecule has 0 aliphatic carbocycles. The maximum Gasteiger partial charge on any atom is 0.408 e. The molecule has 1 aromatic heterocycles. The SMILES string of the molecule is Cc1nc2cccc(NC(=O)C(NC(=O)OC(C)(C)C)C(C)C)c2o1. The van der Waals surface area contributed by atoms with Gasteiger partial charge in [0.2, 0.25) is 5.91 Å². The molecule has 136 valence electrons. The van der Waals surface area contributed by atoms with Gasteiger partial charge in [-0.15, -0.1) is 0 Å². The first-order chi connectivity index (χ1) is 11.6. The molecule has 25 heavy (non-hydrogen) atoms. The molecule has 0 radical (unpaired) electrons. The van der Waals surface area contributed by atoms with E-state index in [4.69, 9.17) is 9.15 Å². The van der Waals surface area contributed by atoms with Crippen molar-refractivity contribution < 1.29 is 18.7 Å². The molecular formula is C18H25N3O4. The summed E-state index contributed by atoms with van der Waals surface area (Å²) in [6, 6.07) is 4.58. The second-order valence-corrected chi connectivity index (χ2v) is 7.24. The Morgan fingerprint density at radius 2 is 1.92 bits per heavy atom. The van der Waals surface area contributed by atoms with Crippen LogP contribution in [0.15, 0.2) is 22.6 Å². The number of anilines is 1. The molecule has 0 aliphatic rings. The van der Waals surface area contributed by atoms with Crippen molar-refractivity contribution in [1.29, 1.82) is 0 Å². The lowest BCUT2D eigenvalue weighted by Crippen LogP contribution is -2.48. The highest BCUT2D eigenvalue weighted by atomic mass is 16.6. The van der Waals surface area contributed by atoms with Gasteiger partial charge in [-0.25, -0.2) is 9.78 Å². The Balaban J connectivity index is 2.16. The lowest BCUT2D eigenvalue weighted by atomic mass is 10.0. The first-order valence-electron chi connectivity index (χ1n) is 8.23. The maximum absolute atomic E-state index is 12.7. The van der Waals surface area contributed by atoms with Crippen LogP contribution in [-0.4, -0.2) is 28.6 Å². The minimum absolute atomic E-state index is 0.122. The molecule has 2 amide bonds. The molecule has 1 heterocycles. The van der Waals surface area contributed by atoms with Crippen molar-refractivity contribution in [1.82, 2.24) is 10.3 Å². The summed E-state index contributed by atoms with van der Waals surface area (Å²) in [6.07, 6.45) is -0.630. The molecular weight excluding hydrogens is 322 g/mol. The van der Waals surface area contributed by atoms with E-state index in [9.17, 15) is 9.59 Å². The molecule has 0 saturated carbocycles. The Kier molecular flexibility index (Phi) is 5.35. The van der Waals surface area contributed by atoms with Crippen LogP contribution >= 0.6 is 0 Å². The normalized spacial score (nSPS) is 12.9. The van der Waals surface area contributed by atoms with Crippen molar-refractivity contribution in [3.05, 3.63) is 24.1 Å². The average molecular weight is 347 g/mol. The maximum atomic E-state index is 12.7. The van der Waals surface area contributed by atoms with Gasteiger partial charge in [-0.1, -0.05) is 19.9 Å². The number of para-hydroxylation sites is 1. The number of nitrogens with zero attached hydrogens (tertiary/aromatic N) is 1. The molecule has 1 aromatic carbocycles. The summed E-state index contributed by atoms with van der Waals surface area (Å²) in [5.41, 5.74) is 1.05. The van der Waals surface area contributed by atoms with Gasteiger partial charge in [0, 0.05) is 6.92 Å². The summed E-state index contributed by atoms with van der Waals surface area (Å²) in [6.45, 7) is 10.7. The molecule has 0 saturated heterocycles. The van der Waals surface area contributed by atoms with Crippen LogP contribution in [0.3, 0.4) is 0 Å². The van der Waals surface area contributed by atoms with Crippen LogP contribution in [0.5, 0.6) is 0 Å². The number of benzene rings is 1. The monoisotopic (exact) mass is 347 g/mol. The Labute approximate surface area is 147 Å². The molecule has 7 heteroatoms. The smallest absolute Gasteiger partial charge is 0.408 e. The van der Waals surface area contributed by atoms with Gasteiger partial charge in [-0.3, -0.25) is 4.79 Å². The van der Waals surface area contributed by atoms with E-state index >= 15 is 0 Å². The third-order valence-corrected chi connectivity index (χ3v) is 3.40. The Morgan fingerprint density at radius 1 is 1.24 bits per heavy atom. The molecule has 2 aromatic rings. The number of aryl methyl sites for hydroxylation is 1. The number of carbonyl (C=O) groups is 2. The Bertz CT molecular complexity index is 774. The van der Waals surface area contributed by atoms with Crippen molar-refractivity contribution in [2.45, 2.75) is 53.2 Å². The summed E-state index contributed by atoms with van der Waals surface area (Å²) >= 11 is 0. The Hall–Kier alpha value is -2.57. The van der Waals surface area contributed by atoms with Gasteiger partial charge in [0.25, 0.3) is 0 Å². The van der Waals surface area contributed by atoms with Crippen LogP contribution in [0.2, 0.25) is 0 Å². The molecule has 0 spiro atoms. The van der Waals surface area contributed by atoms with Crippen molar-refractivity contribution in [2.75, 3.05) is 5.32 Å². The average Bonchev–Trinajstić information content (AvgIpc) is 2.84. The van der Waals surface area contributed by atoms with Crippen LogP contribution in [0.4, 0.5) is 10.5 Å². The standard InChI is InChI=1S/C18H25N3O4/c1-10(2)14(21-17(23)25-18(4,5)6)16(22)20-13-9-7-8-12-15(13)24-11(3)19-12/h7-10,14H,1-6H3,(H,20,22)(H,21,23). The first-order valence-corrected chi connectivity index (χ1v) is 8.23. The van der Waals surface area contributed by atoms with Gasteiger partial charge in [-0.05, 0) is 38.8 Å². The molecule has 2 N–H and O–H groups in total. The van der Waals surface area contributed by atoms with Gasteiger partial charge in [-0.2, -0.15) is 0 Å². The van der Waals surface area contributed by atoms with Crippen LogP contribution in [-0.2, 0) is 9.53 Å². The quantitative estimate of drug-likeness (QED) is 0.881. The first kappa shape index (κ1) is 18.8. The minimum Gasteiger partial charge on any atom is -0.444 e. The van der Waals surface area contributed by atoms with E-state index in [1.54, 1.807) is 45.9 Å². The third-order valence-electron chi connectivity index (χ3n) is 3.40. The number of hydrogen-bond donors (Lipinski definition) is 2. The van der Waals surface area contributed by atoms with Gasteiger partial charge in [0.1, 0.15) is 17.2 Å². The van der Waals surface area contributed by atoms with Crippen LogP contribution in [0.1, 0.15) is 40.5 Å². The fourth-order valence-corrected chi connectivity index (χ4v) is 2.34. The van der Waals surface area contributed by atoms with Crippen molar-refractivity contribution >= 4 is 28.8 Å². The van der Waals surface area contributed by atoms with Crippen LogP contribution in [0, 0.1) is 12.8 Å². The summed E-state index contributed by atoms with van der Waals surface area (Å²) in [4.78, 5) is 28.9. The van der Waals surface area contributed by atoms with Crippen LogP contribution in [0.25, 0.3) is 11.1 Å². The van der Waals surface area contributed by atoms with E-state index in [-0.39, 0.29) is 11.8 Å². The highest BCUT2D eigenvalue weighted by Gasteiger charge is 2.27. The topological polar surface area (TPSA) is 93.5 Å². The van der Waals surface area contributed by atoms with E-state index in [0.29, 0.717) is 22.7 Å². The van der Waals surface area contributed by atoms with Gasteiger partial charge in [0.15, 0.2) is 11.5 Å². The summed E-state index contributed by atoms with van der Waals surface area (Å²) in [5.74, 6) is 0.0505. The van der Waals surface area contributed by atoms with E-state index in [2.05, 4.69) is 15.6 Å². The number of rotatable bonds is 4. The third kappa shape index (κ3) is 4.95. The molecule has 7 nitrogen and oxygen atoms in total. The lowest BCUT2D eigenvalue weighted by Gasteiger charge is -2.25. The number of hydrogen-bond acceptors (Lipinski definition) is 5. The number of carbonyl (C=O) groups excluding carboxylic acids is 2. The second-order valence-electron chi connectivity index (χ2n) is 7.24. The highest BCUT2D eigenvalue weighted by molar-refractivity contribution is 6.02. The van der Waals surface area contributed by atoms with E-state index in [0.717, 1.165) is 0 Å². The van der Waals surface area contributed by atoms with Gasteiger partial charge >= 0.3 is 6.09 Å². The largest absolute Gasteiger partial charge is 0.444 e. The van der Waals surface area contributed by atoms with E-state index < -0.39 is 17.7 Å². The zero-order chi connectivity index (χ0) is 18.8. The summed E-state index contributed by atoms with van der Waals surface area (Å²) in [7, 11) is 0. The molecule has 1 atom stereocenters. The van der Waals surface area contributed by atoms with Gasteiger partial charge in [0.05, 0.1) is 5.69 Å². The van der Waals surface area contributed by atoms with E-state index in [1.807, 2.05) is 13.8 Å². The van der Waals surface area contributed by atoms with E-state index in [1.165, 1.54) is 0 Å². The fraction of sp³-hybridized carbons (Fsp3) is 0.500. The predicted molar refractivity (Wildman–Crippen MR) is 95.4 cm³/mol. The molecule has 0 fully saturated rings. The highest BCUT2D eigenvalue weighted by Crippen LogP contribution is 2.24. The fourth-order valence-electron chi connectivity index (χ4n) is 2.34. The number of nitrogens with one attached hydrogen (secondary N) is 2. The molecule has 2 rings (SSSR count). The number of oxazole rings is 1. The van der Waals surface area contributed by atoms with Crippen molar-refractivity contribution in [3.63, 3.8) is 0 Å². The summed E-state index contributed by atoms with van der Waals surface area (Å²) < 4.78 is 10.8. The lowest BCUT2D eigenvalue weighted by molar-refractivity contribution is -0.119. The number of alkyl carbamates (subject to hydrolysis) is 1. The minimum atomic E-state index is -0.742. The number of ether oxygens (including phenoxy) is 1. The zero-order valence-corrected chi connectivity index (χ0v) is 15.5. The van der Waals surface area contributed by atoms with Crippen molar-refractivity contribution in [3.8, 4) is 0 Å². The molecule has 0 aliphatic heterocycles. The number of fused-ring (bicyclic) bond motifs is 1. The predicted octanol–water partition coefficient (Wildman–Crippen LogP) is 3.62. The van der Waals surface area contributed by atoms with Crippen LogP contribution < -0.4 is 10.6 Å². The molecule has 1 unspecified atom stereocenters. The Morgan fingerprint density at radius 3 is 2.52 bits per heavy atom. The van der Waals surface area contributed by atoms with Gasteiger partial charge < -0.3 is 19.8 Å². The summed E-state index contributed by atoms with van der Waals surface area (Å²) in [5, 5.41) is 5.43. The zero-order valence-electron chi connectivity index (χ0n) is 15.5. The second kappa shape index (κ2) is 7.13.